The Hall–Kier alpha value is -1.88. The molecule has 1 atom stereocenters. The second-order valence-corrected chi connectivity index (χ2v) is 9.26. The second-order valence-electron chi connectivity index (χ2n) is 9.26. The van der Waals surface area contributed by atoms with Gasteiger partial charge >= 0.3 is 5.97 Å². The van der Waals surface area contributed by atoms with E-state index in [0.717, 1.165) is 30.5 Å². The zero-order chi connectivity index (χ0) is 20.9. The molecule has 5 nitrogen and oxygen atoms in total. The van der Waals surface area contributed by atoms with Gasteiger partial charge in [0.2, 0.25) is 5.91 Å². The normalized spacial score (nSPS) is 17.2. The summed E-state index contributed by atoms with van der Waals surface area (Å²) in [6.45, 7) is 13.7. The number of hydrogen-bond donors (Lipinski definition) is 2. The SMILES string of the molecule is CC(C)c1cccc(C(C)C)c1OC(=O)CC(C)(C)CNC(=O)C1CCCN1. The molecule has 156 valence electrons. The molecule has 1 fully saturated rings. The molecule has 0 saturated carbocycles. The number of amides is 1. The Bertz CT molecular complexity index is 663. The summed E-state index contributed by atoms with van der Waals surface area (Å²) in [7, 11) is 0. The van der Waals surface area contributed by atoms with Crippen LogP contribution in [0.2, 0.25) is 0 Å². The molecule has 5 heteroatoms. The molecular formula is C23H36N2O3. The molecule has 2 N–H and O–H groups in total. The van der Waals surface area contributed by atoms with Gasteiger partial charge < -0.3 is 15.4 Å². The predicted octanol–water partition coefficient (Wildman–Crippen LogP) is 4.12. The van der Waals surface area contributed by atoms with Crippen LogP contribution in [0.3, 0.4) is 0 Å². The number of rotatable bonds is 8. The molecule has 1 heterocycles. The summed E-state index contributed by atoms with van der Waals surface area (Å²) in [4.78, 5) is 24.9. The van der Waals surface area contributed by atoms with Crippen LogP contribution in [0.5, 0.6) is 5.75 Å². The lowest BCUT2D eigenvalue weighted by Crippen LogP contribution is -2.44. The predicted molar refractivity (Wildman–Crippen MR) is 113 cm³/mol. The zero-order valence-corrected chi connectivity index (χ0v) is 18.2. The first kappa shape index (κ1) is 22.4. The fourth-order valence-electron chi connectivity index (χ4n) is 3.56. The zero-order valence-electron chi connectivity index (χ0n) is 18.2. The molecule has 1 amide bonds. The third kappa shape index (κ3) is 6.06. The number of esters is 1. The lowest BCUT2D eigenvalue weighted by molar-refractivity contribution is -0.137. The van der Waals surface area contributed by atoms with Gasteiger partial charge in [0.1, 0.15) is 5.75 Å². The van der Waals surface area contributed by atoms with Gasteiger partial charge in [0.05, 0.1) is 12.5 Å². The Kier molecular flexibility index (Phi) is 7.64. The highest BCUT2D eigenvalue weighted by Crippen LogP contribution is 2.35. The molecule has 0 spiro atoms. The number of nitrogens with one attached hydrogen (secondary N) is 2. The van der Waals surface area contributed by atoms with Crippen LogP contribution in [0.4, 0.5) is 0 Å². The highest BCUT2D eigenvalue weighted by atomic mass is 16.5. The minimum absolute atomic E-state index is 0.0196. The number of hydrogen-bond acceptors (Lipinski definition) is 4. The van der Waals surface area contributed by atoms with E-state index in [2.05, 4.69) is 38.3 Å². The first-order valence-corrected chi connectivity index (χ1v) is 10.5. The van der Waals surface area contributed by atoms with E-state index in [4.69, 9.17) is 4.74 Å². The highest BCUT2D eigenvalue weighted by molar-refractivity contribution is 5.82. The number of carbonyl (C=O) groups excluding carboxylic acids is 2. The van der Waals surface area contributed by atoms with Crippen molar-refractivity contribution in [2.75, 3.05) is 13.1 Å². The van der Waals surface area contributed by atoms with Crippen LogP contribution >= 0.6 is 0 Å². The van der Waals surface area contributed by atoms with Gasteiger partial charge in [0.25, 0.3) is 0 Å². The lowest BCUT2D eigenvalue weighted by Gasteiger charge is -2.26. The van der Waals surface area contributed by atoms with Crippen LogP contribution in [0.25, 0.3) is 0 Å². The molecule has 1 saturated heterocycles. The molecule has 1 aliphatic heterocycles. The molecule has 0 aliphatic carbocycles. The Balaban J connectivity index is 2.01. The van der Waals surface area contributed by atoms with Gasteiger partial charge in [-0.3, -0.25) is 9.59 Å². The summed E-state index contributed by atoms with van der Waals surface area (Å²) < 4.78 is 5.88. The quantitative estimate of drug-likeness (QED) is 0.519. The lowest BCUT2D eigenvalue weighted by atomic mass is 9.89. The van der Waals surface area contributed by atoms with E-state index in [1.807, 2.05) is 32.0 Å². The van der Waals surface area contributed by atoms with Gasteiger partial charge in [-0.25, -0.2) is 0 Å². The highest BCUT2D eigenvalue weighted by Gasteiger charge is 2.28. The fraction of sp³-hybridized carbons (Fsp3) is 0.652. The van der Waals surface area contributed by atoms with Crippen molar-refractivity contribution < 1.29 is 14.3 Å². The maximum atomic E-state index is 12.7. The van der Waals surface area contributed by atoms with Crippen molar-refractivity contribution in [3.05, 3.63) is 29.3 Å². The van der Waals surface area contributed by atoms with Crippen LogP contribution in [0, 0.1) is 5.41 Å². The van der Waals surface area contributed by atoms with Crippen LogP contribution in [-0.2, 0) is 9.59 Å². The Morgan fingerprint density at radius 1 is 1.18 bits per heavy atom. The van der Waals surface area contributed by atoms with E-state index in [9.17, 15) is 9.59 Å². The molecule has 1 aromatic rings. The smallest absolute Gasteiger partial charge is 0.311 e. The van der Waals surface area contributed by atoms with Gasteiger partial charge in [-0.1, -0.05) is 59.7 Å². The number of para-hydroxylation sites is 1. The van der Waals surface area contributed by atoms with E-state index >= 15 is 0 Å². The average Bonchev–Trinajstić information content (AvgIpc) is 3.13. The van der Waals surface area contributed by atoms with Crippen molar-refractivity contribution >= 4 is 11.9 Å². The Morgan fingerprint density at radius 2 is 1.79 bits per heavy atom. The van der Waals surface area contributed by atoms with Gasteiger partial charge in [-0.2, -0.15) is 0 Å². The maximum absolute atomic E-state index is 12.7. The molecule has 1 unspecified atom stereocenters. The molecule has 1 aliphatic rings. The number of ether oxygens (including phenoxy) is 1. The van der Waals surface area contributed by atoms with Crippen LogP contribution in [-0.4, -0.2) is 31.0 Å². The minimum Gasteiger partial charge on any atom is -0.426 e. The summed E-state index contributed by atoms with van der Waals surface area (Å²) in [5.74, 6) is 1.01. The second kappa shape index (κ2) is 9.55. The van der Waals surface area contributed by atoms with Gasteiger partial charge in [-0.15, -0.1) is 0 Å². The monoisotopic (exact) mass is 388 g/mol. The molecule has 0 bridgehead atoms. The number of benzene rings is 1. The number of carbonyl (C=O) groups is 2. The topological polar surface area (TPSA) is 67.4 Å². The maximum Gasteiger partial charge on any atom is 0.311 e. The van der Waals surface area contributed by atoms with Crippen LogP contribution in [0.1, 0.15) is 83.8 Å². The van der Waals surface area contributed by atoms with Crippen molar-refractivity contribution in [1.82, 2.24) is 10.6 Å². The fourth-order valence-corrected chi connectivity index (χ4v) is 3.56. The van der Waals surface area contributed by atoms with Gasteiger partial charge in [-0.05, 0) is 47.8 Å². The Labute approximate surface area is 169 Å². The summed E-state index contributed by atoms with van der Waals surface area (Å²) in [5.41, 5.74) is 1.73. The van der Waals surface area contributed by atoms with E-state index in [1.54, 1.807) is 0 Å². The summed E-state index contributed by atoms with van der Waals surface area (Å²) in [6, 6.07) is 5.98. The van der Waals surface area contributed by atoms with Crippen molar-refractivity contribution in [2.24, 2.45) is 5.41 Å². The first-order valence-electron chi connectivity index (χ1n) is 10.5. The van der Waals surface area contributed by atoms with Gasteiger partial charge in [0, 0.05) is 6.54 Å². The molecule has 0 aromatic heterocycles. The third-order valence-electron chi connectivity index (χ3n) is 5.28. The molecule has 0 radical (unpaired) electrons. The van der Waals surface area contributed by atoms with Crippen molar-refractivity contribution in [2.45, 2.75) is 78.7 Å². The molecule has 28 heavy (non-hydrogen) atoms. The molecule has 1 aromatic carbocycles. The molecule has 2 rings (SSSR count). The van der Waals surface area contributed by atoms with Crippen LogP contribution < -0.4 is 15.4 Å². The Morgan fingerprint density at radius 3 is 2.29 bits per heavy atom. The van der Waals surface area contributed by atoms with Crippen molar-refractivity contribution in [3.8, 4) is 5.75 Å². The van der Waals surface area contributed by atoms with Gasteiger partial charge in [0.15, 0.2) is 0 Å². The van der Waals surface area contributed by atoms with E-state index in [-0.39, 0.29) is 41.6 Å². The third-order valence-corrected chi connectivity index (χ3v) is 5.28. The van der Waals surface area contributed by atoms with Crippen LogP contribution in [0.15, 0.2) is 18.2 Å². The standard InChI is InChI=1S/C23H36N2O3/c1-15(2)17-9-7-10-18(16(3)4)21(17)28-20(26)13-23(5,6)14-25-22(27)19-11-8-12-24-19/h7,9-10,15-16,19,24H,8,11-14H2,1-6H3,(H,25,27). The largest absolute Gasteiger partial charge is 0.426 e. The average molecular weight is 389 g/mol. The minimum atomic E-state index is -0.379. The summed E-state index contributed by atoms with van der Waals surface area (Å²) in [5, 5.41) is 6.18. The first-order chi connectivity index (χ1) is 13.1. The van der Waals surface area contributed by atoms with E-state index in [0.29, 0.717) is 12.3 Å². The summed E-state index contributed by atoms with van der Waals surface area (Å²) >= 11 is 0. The van der Waals surface area contributed by atoms with E-state index in [1.165, 1.54) is 0 Å². The molecular weight excluding hydrogens is 352 g/mol. The van der Waals surface area contributed by atoms with E-state index < -0.39 is 0 Å². The van der Waals surface area contributed by atoms with Crippen molar-refractivity contribution in [1.29, 1.82) is 0 Å². The van der Waals surface area contributed by atoms with Crippen molar-refractivity contribution in [3.63, 3.8) is 0 Å². The summed E-state index contributed by atoms with van der Waals surface area (Å²) in [6.07, 6.45) is 2.15.